The first-order valence-corrected chi connectivity index (χ1v) is 5.43. The minimum Gasteiger partial charge on any atom is -0.465 e. The number of hydrogen-bond acceptors (Lipinski definition) is 2. The Morgan fingerprint density at radius 1 is 1.36 bits per heavy atom. The molecular formula is C12H22O2. The molecule has 0 N–H and O–H groups in total. The lowest BCUT2D eigenvalue weighted by molar-refractivity contribution is -0.144. The van der Waals surface area contributed by atoms with Crippen LogP contribution in [0.4, 0.5) is 0 Å². The number of esters is 1. The highest BCUT2D eigenvalue weighted by Crippen LogP contribution is 2.05. The van der Waals surface area contributed by atoms with Crippen molar-refractivity contribution in [2.75, 3.05) is 6.61 Å². The Bertz CT molecular complexity index is 162. The summed E-state index contributed by atoms with van der Waals surface area (Å²) >= 11 is 0. The quantitative estimate of drug-likeness (QED) is 0.340. The summed E-state index contributed by atoms with van der Waals surface area (Å²) in [7, 11) is 0. The molecule has 0 spiro atoms. The van der Waals surface area contributed by atoms with Gasteiger partial charge in [-0.3, -0.25) is 4.79 Å². The molecule has 0 atom stereocenters. The minimum absolute atomic E-state index is 0.0581. The van der Waals surface area contributed by atoms with Crippen LogP contribution >= 0.6 is 0 Å². The molecule has 0 rings (SSSR count). The van der Waals surface area contributed by atoms with Crippen LogP contribution < -0.4 is 0 Å². The Hall–Kier alpha value is -0.790. The van der Waals surface area contributed by atoms with E-state index >= 15 is 0 Å². The van der Waals surface area contributed by atoms with Gasteiger partial charge in [-0.25, -0.2) is 0 Å². The van der Waals surface area contributed by atoms with E-state index in [-0.39, 0.29) is 5.97 Å². The van der Waals surface area contributed by atoms with Crippen LogP contribution in [0.15, 0.2) is 12.7 Å². The maximum absolute atomic E-state index is 11.1. The summed E-state index contributed by atoms with van der Waals surface area (Å²) < 4.78 is 5.05. The second kappa shape index (κ2) is 8.79. The fourth-order valence-corrected chi connectivity index (χ4v) is 1.07. The monoisotopic (exact) mass is 198 g/mol. The summed E-state index contributed by atoms with van der Waals surface area (Å²) in [5, 5.41) is 0. The Morgan fingerprint density at radius 3 is 2.64 bits per heavy atom. The SMILES string of the molecule is C=CCCCCCC(=O)OCC(C)C. The lowest BCUT2D eigenvalue weighted by atomic mass is 10.1. The third-order valence-corrected chi connectivity index (χ3v) is 1.87. The van der Waals surface area contributed by atoms with E-state index in [4.69, 9.17) is 4.74 Å². The van der Waals surface area contributed by atoms with E-state index in [1.165, 1.54) is 0 Å². The number of carbonyl (C=O) groups excluding carboxylic acids is 1. The van der Waals surface area contributed by atoms with Gasteiger partial charge in [0.15, 0.2) is 0 Å². The molecule has 0 unspecified atom stereocenters. The zero-order valence-electron chi connectivity index (χ0n) is 9.42. The van der Waals surface area contributed by atoms with Gasteiger partial charge in [-0.05, 0) is 25.2 Å². The molecule has 0 aromatic heterocycles. The van der Waals surface area contributed by atoms with E-state index < -0.39 is 0 Å². The molecule has 0 amide bonds. The van der Waals surface area contributed by atoms with Crippen molar-refractivity contribution in [3.63, 3.8) is 0 Å². The predicted octanol–water partition coefficient (Wildman–Crippen LogP) is 3.32. The van der Waals surface area contributed by atoms with Gasteiger partial charge in [0, 0.05) is 6.42 Å². The molecule has 0 aliphatic heterocycles. The Balaban J connectivity index is 3.22. The molecule has 0 aromatic rings. The molecular weight excluding hydrogens is 176 g/mol. The maximum Gasteiger partial charge on any atom is 0.305 e. The van der Waals surface area contributed by atoms with Gasteiger partial charge in [0.1, 0.15) is 0 Å². The molecule has 0 aliphatic rings. The van der Waals surface area contributed by atoms with Crippen molar-refractivity contribution in [1.82, 2.24) is 0 Å². The lowest BCUT2D eigenvalue weighted by Gasteiger charge is -2.06. The molecule has 2 nitrogen and oxygen atoms in total. The van der Waals surface area contributed by atoms with Crippen molar-refractivity contribution >= 4 is 5.97 Å². The van der Waals surface area contributed by atoms with Crippen LogP contribution in [0.3, 0.4) is 0 Å². The zero-order valence-corrected chi connectivity index (χ0v) is 9.42. The first-order valence-electron chi connectivity index (χ1n) is 5.43. The van der Waals surface area contributed by atoms with Crippen LogP contribution in [0.1, 0.15) is 46.0 Å². The van der Waals surface area contributed by atoms with Crippen molar-refractivity contribution in [3.05, 3.63) is 12.7 Å². The number of rotatable bonds is 8. The first-order chi connectivity index (χ1) is 6.66. The molecule has 82 valence electrons. The number of ether oxygens (including phenoxy) is 1. The predicted molar refractivity (Wildman–Crippen MR) is 59.1 cm³/mol. The second-order valence-electron chi connectivity index (χ2n) is 3.96. The molecule has 0 fully saturated rings. The van der Waals surface area contributed by atoms with Crippen LogP contribution in [0.5, 0.6) is 0 Å². The molecule has 0 radical (unpaired) electrons. The summed E-state index contributed by atoms with van der Waals surface area (Å²) in [6.45, 7) is 8.28. The van der Waals surface area contributed by atoms with Crippen molar-refractivity contribution in [2.24, 2.45) is 5.92 Å². The highest BCUT2D eigenvalue weighted by atomic mass is 16.5. The number of hydrogen-bond donors (Lipinski definition) is 0. The van der Waals surface area contributed by atoms with Crippen LogP contribution in [-0.4, -0.2) is 12.6 Å². The van der Waals surface area contributed by atoms with E-state index in [0.717, 1.165) is 25.7 Å². The largest absolute Gasteiger partial charge is 0.465 e. The van der Waals surface area contributed by atoms with Crippen molar-refractivity contribution in [1.29, 1.82) is 0 Å². The third kappa shape index (κ3) is 9.30. The Morgan fingerprint density at radius 2 is 2.07 bits per heavy atom. The average Bonchev–Trinajstić information content (AvgIpc) is 2.14. The third-order valence-electron chi connectivity index (χ3n) is 1.87. The molecule has 14 heavy (non-hydrogen) atoms. The number of carbonyl (C=O) groups is 1. The molecule has 0 aromatic carbocycles. The summed E-state index contributed by atoms with van der Waals surface area (Å²) in [5.74, 6) is 0.372. The number of allylic oxidation sites excluding steroid dienone is 1. The fraction of sp³-hybridized carbons (Fsp3) is 0.750. The van der Waals surface area contributed by atoms with E-state index in [1.807, 2.05) is 19.9 Å². The van der Waals surface area contributed by atoms with Crippen molar-refractivity contribution < 1.29 is 9.53 Å². The summed E-state index contributed by atoms with van der Waals surface area (Å²) in [5.41, 5.74) is 0. The van der Waals surface area contributed by atoms with Gasteiger partial charge >= 0.3 is 5.97 Å². The van der Waals surface area contributed by atoms with Gasteiger partial charge in [-0.1, -0.05) is 26.3 Å². The van der Waals surface area contributed by atoms with E-state index in [0.29, 0.717) is 18.9 Å². The van der Waals surface area contributed by atoms with E-state index in [1.54, 1.807) is 0 Å². The first kappa shape index (κ1) is 13.2. The lowest BCUT2D eigenvalue weighted by Crippen LogP contribution is -2.09. The molecule has 0 heterocycles. The fourth-order valence-electron chi connectivity index (χ4n) is 1.07. The summed E-state index contributed by atoms with van der Waals surface area (Å²) in [6.07, 6.45) is 6.66. The van der Waals surface area contributed by atoms with Crippen LogP contribution in [0.25, 0.3) is 0 Å². The van der Waals surface area contributed by atoms with Crippen LogP contribution in [0, 0.1) is 5.92 Å². The van der Waals surface area contributed by atoms with Gasteiger partial charge in [0.2, 0.25) is 0 Å². The molecule has 0 saturated heterocycles. The molecule has 0 bridgehead atoms. The molecule has 2 heteroatoms. The zero-order chi connectivity index (χ0) is 10.8. The van der Waals surface area contributed by atoms with E-state index in [2.05, 4.69) is 6.58 Å². The highest BCUT2D eigenvalue weighted by molar-refractivity contribution is 5.69. The molecule has 0 saturated carbocycles. The van der Waals surface area contributed by atoms with Crippen LogP contribution in [0.2, 0.25) is 0 Å². The standard InChI is InChI=1S/C12H22O2/c1-4-5-6-7-8-9-12(13)14-10-11(2)3/h4,11H,1,5-10H2,2-3H3. The summed E-state index contributed by atoms with van der Waals surface area (Å²) in [6, 6.07) is 0. The minimum atomic E-state index is -0.0581. The average molecular weight is 198 g/mol. The highest BCUT2D eigenvalue weighted by Gasteiger charge is 2.03. The van der Waals surface area contributed by atoms with Crippen molar-refractivity contribution in [2.45, 2.75) is 46.0 Å². The maximum atomic E-state index is 11.1. The Kier molecular flexibility index (Phi) is 8.30. The summed E-state index contributed by atoms with van der Waals surface area (Å²) in [4.78, 5) is 11.1. The van der Waals surface area contributed by atoms with Crippen molar-refractivity contribution in [3.8, 4) is 0 Å². The topological polar surface area (TPSA) is 26.3 Å². The molecule has 0 aliphatic carbocycles. The Labute approximate surface area is 87.3 Å². The van der Waals surface area contributed by atoms with E-state index in [9.17, 15) is 4.79 Å². The van der Waals surface area contributed by atoms with Gasteiger partial charge in [-0.15, -0.1) is 6.58 Å². The van der Waals surface area contributed by atoms with Crippen LogP contribution in [-0.2, 0) is 9.53 Å². The van der Waals surface area contributed by atoms with Gasteiger partial charge in [-0.2, -0.15) is 0 Å². The smallest absolute Gasteiger partial charge is 0.305 e. The van der Waals surface area contributed by atoms with Gasteiger partial charge in [0.05, 0.1) is 6.61 Å². The van der Waals surface area contributed by atoms with Gasteiger partial charge in [0.25, 0.3) is 0 Å². The van der Waals surface area contributed by atoms with Gasteiger partial charge < -0.3 is 4.74 Å². The second-order valence-corrected chi connectivity index (χ2v) is 3.96. The normalized spacial score (nSPS) is 10.2. The number of unbranched alkanes of at least 4 members (excludes halogenated alkanes) is 3.